The van der Waals surface area contributed by atoms with E-state index in [1.807, 2.05) is 45.0 Å². The molecule has 152 valence electrons. The summed E-state index contributed by atoms with van der Waals surface area (Å²) < 4.78 is 0. The number of benzene rings is 1. The number of hydrogen-bond acceptors (Lipinski definition) is 6. The molecular formula is C21H20ClN7O. The van der Waals surface area contributed by atoms with Crippen molar-refractivity contribution in [2.24, 2.45) is 0 Å². The molecule has 1 atom stereocenters. The lowest BCUT2D eigenvalue weighted by atomic mass is 9.80. The van der Waals surface area contributed by atoms with E-state index in [2.05, 4.69) is 30.5 Å². The van der Waals surface area contributed by atoms with Crippen molar-refractivity contribution in [1.29, 1.82) is 0 Å². The number of nitrogens with one attached hydrogen (secondary N) is 2. The fourth-order valence-corrected chi connectivity index (χ4v) is 4.06. The van der Waals surface area contributed by atoms with E-state index in [0.717, 1.165) is 33.3 Å². The van der Waals surface area contributed by atoms with Crippen LogP contribution in [0.15, 0.2) is 42.7 Å². The van der Waals surface area contributed by atoms with E-state index >= 15 is 0 Å². The van der Waals surface area contributed by atoms with Crippen LogP contribution in [0.2, 0.25) is 5.15 Å². The van der Waals surface area contributed by atoms with Gasteiger partial charge in [-0.15, -0.1) is 0 Å². The topological polar surface area (TPSA) is 122 Å². The summed E-state index contributed by atoms with van der Waals surface area (Å²) in [6.07, 6.45) is 1.29. The fraction of sp³-hybridized carbons (Fsp3) is 0.190. The van der Waals surface area contributed by atoms with Crippen LogP contribution in [0.3, 0.4) is 0 Å². The number of amides is 1. The van der Waals surface area contributed by atoms with Crippen molar-refractivity contribution in [3.05, 3.63) is 76.1 Å². The Morgan fingerprint density at radius 3 is 2.67 bits per heavy atom. The second-order valence-corrected chi connectivity index (χ2v) is 7.67. The molecule has 3 heterocycles. The molecule has 0 aliphatic carbocycles. The molecule has 0 fully saturated rings. The molecule has 0 saturated heterocycles. The number of H-pyrrole nitrogens is 1. The standard InChI is InChI=1S/C21H20ClN7O/c1-11-8-17(23)26-12(2)18(11)21(3,28-20(30)19-24-10-25-29-19)14-5-6-15-13(9-14)4-7-16(22)27-15/h4-10H,1-3H3,(H2,23,26)(H,28,30)(H,24,25,29). The molecule has 0 radical (unpaired) electrons. The van der Waals surface area contributed by atoms with E-state index < -0.39 is 5.54 Å². The number of aryl methyl sites for hydroxylation is 2. The molecule has 0 spiro atoms. The SMILES string of the molecule is Cc1cc(N)nc(C)c1C(C)(NC(=O)c1ncn[nH]1)c1ccc2nc(Cl)ccc2c1. The summed E-state index contributed by atoms with van der Waals surface area (Å²) >= 11 is 6.02. The molecule has 8 nitrogen and oxygen atoms in total. The van der Waals surface area contributed by atoms with Crippen molar-refractivity contribution in [2.75, 3.05) is 5.73 Å². The van der Waals surface area contributed by atoms with Crippen LogP contribution in [-0.4, -0.2) is 31.1 Å². The molecular weight excluding hydrogens is 402 g/mol. The number of hydrogen-bond donors (Lipinski definition) is 3. The summed E-state index contributed by atoms with van der Waals surface area (Å²) in [4.78, 5) is 25.7. The molecule has 3 aromatic heterocycles. The summed E-state index contributed by atoms with van der Waals surface area (Å²) in [6.45, 7) is 5.75. The maximum atomic E-state index is 12.9. The highest BCUT2D eigenvalue weighted by atomic mass is 35.5. The van der Waals surface area contributed by atoms with Gasteiger partial charge in [-0.1, -0.05) is 17.7 Å². The van der Waals surface area contributed by atoms with Crippen molar-refractivity contribution in [1.82, 2.24) is 30.5 Å². The third-order valence-corrected chi connectivity index (χ3v) is 5.35. The number of aromatic amines is 1. The van der Waals surface area contributed by atoms with Gasteiger partial charge in [-0.05, 0) is 62.2 Å². The van der Waals surface area contributed by atoms with Crippen LogP contribution < -0.4 is 11.1 Å². The van der Waals surface area contributed by atoms with Gasteiger partial charge in [-0.2, -0.15) is 5.10 Å². The van der Waals surface area contributed by atoms with Crippen molar-refractivity contribution < 1.29 is 4.79 Å². The number of halogens is 1. The molecule has 4 N–H and O–H groups in total. The number of nitrogens with zero attached hydrogens (tertiary/aromatic N) is 4. The Hall–Kier alpha value is -3.52. The van der Waals surface area contributed by atoms with E-state index in [4.69, 9.17) is 17.3 Å². The number of pyridine rings is 2. The molecule has 0 aliphatic heterocycles. The number of rotatable bonds is 4. The second-order valence-electron chi connectivity index (χ2n) is 7.28. The first-order chi connectivity index (χ1) is 14.3. The minimum absolute atomic E-state index is 0.120. The predicted molar refractivity (Wildman–Crippen MR) is 115 cm³/mol. The van der Waals surface area contributed by atoms with Crippen LogP contribution in [0.1, 0.15) is 39.9 Å². The summed E-state index contributed by atoms with van der Waals surface area (Å²) in [5.41, 5.74) is 9.11. The third-order valence-electron chi connectivity index (χ3n) is 5.14. The van der Waals surface area contributed by atoms with Gasteiger partial charge in [0.2, 0.25) is 5.82 Å². The van der Waals surface area contributed by atoms with Gasteiger partial charge in [0.1, 0.15) is 17.3 Å². The highest BCUT2D eigenvalue weighted by Gasteiger charge is 2.35. The Bertz CT molecular complexity index is 1230. The Balaban J connectivity index is 1.92. The summed E-state index contributed by atoms with van der Waals surface area (Å²) in [6, 6.07) is 11.2. The second kappa shape index (κ2) is 7.38. The van der Waals surface area contributed by atoms with Gasteiger partial charge < -0.3 is 11.1 Å². The minimum atomic E-state index is -0.924. The van der Waals surface area contributed by atoms with Crippen molar-refractivity contribution in [3.8, 4) is 0 Å². The molecule has 4 aromatic rings. The molecule has 1 amide bonds. The average Bonchev–Trinajstić information content (AvgIpc) is 3.21. The normalized spacial score (nSPS) is 13.2. The van der Waals surface area contributed by atoms with Gasteiger partial charge in [0, 0.05) is 16.6 Å². The first-order valence-corrected chi connectivity index (χ1v) is 9.64. The third kappa shape index (κ3) is 3.46. The van der Waals surface area contributed by atoms with E-state index in [-0.39, 0.29) is 11.7 Å². The highest BCUT2D eigenvalue weighted by molar-refractivity contribution is 6.29. The van der Waals surface area contributed by atoms with Gasteiger partial charge >= 0.3 is 0 Å². The van der Waals surface area contributed by atoms with Crippen LogP contribution in [0, 0.1) is 13.8 Å². The molecule has 0 aliphatic rings. The largest absolute Gasteiger partial charge is 0.384 e. The Labute approximate surface area is 177 Å². The summed E-state index contributed by atoms with van der Waals surface area (Å²) in [5, 5.41) is 10.8. The molecule has 30 heavy (non-hydrogen) atoms. The first-order valence-electron chi connectivity index (χ1n) is 9.27. The average molecular weight is 422 g/mol. The van der Waals surface area contributed by atoms with Crippen LogP contribution in [0.5, 0.6) is 0 Å². The van der Waals surface area contributed by atoms with Crippen molar-refractivity contribution in [3.63, 3.8) is 0 Å². The highest BCUT2D eigenvalue weighted by Crippen LogP contribution is 2.35. The molecule has 0 saturated carbocycles. The number of carbonyl (C=O) groups excluding carboxylic acids is 1. The van der Waals surface area contributed by atoms with Crippen LogP contribution in [0.4, 0.5) is 5.82 Å². The van der Waals surface area contributed by atoms with Crippen LogP contribution >= 0.6 is 11.6 Å². The maximum absolute atomic E-state index is 12.9. The molecule has 4 rings (SSSR count). The van der Waals surface area contributed by atoms with Crippen molar-refractivity contribution in [2.45, 2.75) is 26.3 Å². The zero-order valence-electron chi connectivity index (χ0n) is 16.7. The van der Waals surface area contributed by atoms with E-state index in [1.165, 1.54) is 6.33 Å². The molecule has 1 unspecified atom stereocenters. The van der Waals surface area contributed by atoms with Crippen molar-refractivity contribution >= 4 is 34.2 Å². The number of aromatic nitrogens is 5. The number of fused-ring (bicyclic) bond motifs is 1. The monoisotopic (exact) mass is 421 g/mol. The van der Waals surface area contributed by atoms with E-state index in [0.29, 0.717) is 11.0 Å². The van der Waals surface area contributed by atoms with E-state index in [9.17, 15) is 4.79 Å². The van der Waals surface area contributed by atoms with Gasteiger partial charge in [0.05, 0.1) is 11.1 Å². The Morgan fingerprint density at radius 2 is 1.97 bits per heavy atom. The Morgan fingerprint density at radius 1 is 1.17 bits per heavy atom. The number of anilines is 1. The quantitative estimate of drug-likeness (QED) is 0.434. The number of nitrogen functional groups attached to an aromatic ring is 1. The zero-order valence-corrected chi connectivity index (χ0v) is 17.4. The predicted octanol–water partition coefficient (Wildman–Crippen LogP) is 3.29. The smallest absolute Gasteiger partial charge is 0.289 e. The van der Waals surface area contributed by atoms with Gasteiger partial charge in [-0.25, -0.2) is 15.0 Å². The lowest BCUT2D eigenvalue weighted by Gasteiger charge is -2.34. The lowest BCUT2D eigenvalue weighted by molar-refractivity contribution is 0.0908. The fourth-order valence-electron chi connectivity index (χ4n) is 3.91. The number of nitrogens with two attached hydrogens (primary N) is 1. The van der Waals surface area contributed by atoms with Crippen LogP contribution in [-0.2, 0) is 5.54 Å². The molecule has 0 bridgehead atoms. The maximum Gasteiger partial charge on any atom is 0.289 e. The van der Waals surface area contributed by atoms with Gasteiger partial charge in [-0.3, -0.25) is 9.89 Å². The Kier molecular flexibility index (Phi) is 4.87. The zero-order chi connectivity index (χ0) is 21.5. The van der Waals surface area contributed by atoms with Gasteiger partial charge in [0.25, 0.3) is 5.91 Å². The lowest BCUT2D eigenvalue weighted by Crippen LogP contribution is -2.46. The van der Waals surface area contributed by atoms with Crippen LogP contribution in [0.25, 0.3) is 10.9 Å². The molecule has 1 aromatic carbocycles. The number of carbonyl (C=O) groups is 1. The van der Waals surface area contributed by atoms with Gasteiger partial charge in [0.15, 0.2) is 0 Å². The first kappa shape index (κ1) is 19.8. The molecule has 9 heteroatoms. The summed E-state index contributed by atoms with van der Waals surface area (Å²) in [5.74, 6) is 0.157. The van der Waals surface area contributed by atoms with E-state index in [1.54, 1.807) is 12.1 Å². The summed E-state index contributed by atoms with van der Waals surface area (Å²) in [7, 11) is 0. The minimum Gasteiger partial charge on any atom is -0.384 e.